The zero-order valence-corrected chi connectivity index (χ0v) is 7.83. The van der Waals surface area contributed by atoms with Gasteiger partial charge in [-0.15, -0.1) is 0 Å². The van der Waals surface area contributed by atoms with Gasteiger partial charge in [0.1, 0.15) is 0 Å². The zero-order valence-electron chi connectivity index (χ0n) is 6.94. The van der Waals surface area contributed by atoms with Gasteiger partial charge in [-0.3, -0.25) is 0 Å². The van der Waals surface area contributed by atoms with Gasteiger partial charge in [-0.05, 0) is 22.6 Å². The molecule has 0 aliphatic rings. The highest BCUT2D eigenvalue weighted by atomic mass is 32.2. The van der Waals surface area contributed by atoms with E-state index in [9.17, 15) is 8.42 Å². The Kier molecular flexibility index (Phi) is 2.23. The van der Waals surface area contributed by atoms with E-state index in [0.29, 0.717) is 5.69 Å². The number of benzene rings is 1. The first-order valence-corrected chi connectivity index (χ1v) is 4.95. The van der Waals surface area contributed by atoms with Gasteiger partial charge in [0.05, 0.1) is 5.69 Å². The van der Waals surface area contributed by atoms with Crippen LogP contribution in [0.15, 0.2) is 35.5 Å². The Hall–Kier alpha value is -1.76. The first-order chi connectivity index (χ1) is 6.79. The van der Waals surface area contributed by atoms with Crippen molar-refractivity contribution in [1.29, 1.82) is 0 Å². The molecule has 2 aromatic rings. The molecule has 0 spiro atoms. The standard InChI is InChI=1S/C7H6N4O2S/c12-14(13)7-8-9-10-11(7)6-4-2-1-3-5-6/h1-5,14H. The quantitative estimate of drug-likeness (QED) is 0.684. The summed E-state index contributed by atoms with van der Waals surface area (Å²) in [5, 5.41) is 10.1. The van der Waals surface area contributed by atoms with Crippen LogP contribution >= 0.6 is 0 Å². The fourth-order valence-corrected chi connectivity index (χ4v) is 1.46. The summed E-state index contributed by atoms with van der Waals surface area (Å²) in [4.78, 5) is 0. The normalized spacial score (nSPS) is 10.6. The lowest BCUT2D eigenvalue weighted by atomic mass is 10.3. The molecule has 7 heteroatoms. The van der Waals surface area contributed by atoms with Crippen LogP contribution in [0.3, 0.4) is 0 Å². The van der Waals surface area contributed by atoms with E-state index in [0.717, 1.165) is 0 Å². The predicted molar refractivity (Wildman–Crippen MR) is 47.7 cm³/mol. The van der Waals surface area contributed by atoms with Crippen molar-refractivity contribution >= 4 is 10.7 Å². The average Bonchev–Trinajstić information content (AvgIpc) is 2.67. The van der Waals surface area contributed by atoms with Crippen LogP contribution in [-0.4, -0.2) is 28.6 Å². The maximum absolute atomic E-state index is 10.7. The van der Waals surface area contributed by atoms with E-state index in [1.54, 1.807) is 24.3 Å². The maximum Gasteiger partial charge on any atom is 0.269 e. The molecule has 6 nitrogen and oxygen atoms in total. The maximum atomic E-state index is 10.7. The van der Waals surface area contributed by atoms with E-state index in [1.165, 1.54) is 4.68 Å². The van der Waals surface area contributed by atoms with Crippen LogP contribution in [0.5, 0.6) is 0 Å². The van der Waals surface area contributed by atoms with Crippen LogP contribution in [0.2, 0.25) is 0 Å². The molecule has 1 aromatic heterocycles. The first kappa shape index (κ1) is 8.82. The largest absolute Gasteiger partial charge is 0.269 e. The van der Waals surface area contributed by atoms with Crippen LogP contribution in [0.25, 0.3) is 5.69 Å². The smallest absolute Gasteiger partial charge is 0.223 e. The molecule has 0 saturated carbocycles. The van der Waals surface area contributed by atoms with E-state index in [2.05, 4.69) is 15.5 Å². The van der Waals surface area contributed by atoms with E-state index < -0.39 is 10.7 Å². The molecule has 1 heterocycles. The van der Waals surface area contributed by atoms with Gasteiger partial charge >= 0.3 is 0 Å². The monoisotopic (exact) mass is 210 g/mol. The van der Waals surface area contributed by atoms with Crippen molar-refractivity contribution in [2.24, 2.45) is 0 Å². The highest BCUT2D eigenvalue weighted by Crippen LogP contribution is 2.06. The Bertz CT molecular complexity index is 497. The first-order valence-electron chi connectivity index (χ1n) is 3.77. The van der Waals surface area contributed by atoms with Crippen LogP contribution in [0, 0.1) is 0 Å². The molecule has 14 heavy (non-hydrogen) atoms. The third-order valence-electron chi connectivity index (χ3n) is 1.62. The van der Waals surface area contributed by atoms with E-state index >= 15 is 0 Å². The molecule has 2 rings (SSSR count). The number of para-hydroxylation sites is 1. The Balaban J connectivity index is 2.58. The summed E-state index contributed by atoms with van der Waals surface area (Å²) < 4.78 is 22.6. The minimum Gasteiger partial charge on any atom is -0.223 e. The van der Waals surface area contributed by atoms with Crippen molar-refractivity contribution in [2.75, 3.05) is 0 Å². The van der Waals surface area contributed by atoms with Gasteiger partial charge in [0.15, 0.2) is 0 Å². The lowest BCUT2D eigenvalue weighted by molar-refractivity contribution is 0.600. The number of nitrogens with zero attached hydrogens (tertiary/aromatic N) is 4. The average molecular weight is 210 g/mol. The Morgan fingerprint density at radius 2 is 1.86 bits per heavy atom. The number of aromatic nitrogens is 4. The Labute approximate surface area is 81.1 Å². The van der Waals surface area contributed by atoms with Gasteiger partial charge in [0, 0.05) is 0 Å². The van der Waals surface area contributed by atoms with Crippen LogP contribution < -0.4 is 0 Å². The van der Waals surface area contributed by atoms with Crippen molar-refractivity contribution in [3.05, 3.63) is 30.3 Å². The number of hydrogen-bond donors (Lipinski definition) is 1. The molecule has 0 radical (unpaired) electrons. The van der Waals surface area contributed by atoms with Gasteiger partial charge in [0.25, 0.3) is 5.16 Å². The molecule has 0 aliphatic heterocycles. The molecule has 0 saturated heterocycles. The number of hydrogen-bond acceptors (Lipinski definition) is 5. The zero-order chi connectivity index (χ0) is 9.97. The molecule has 1 aromatic carbocycles. The fourth-order valence-electron chi connectivity index (χ4n) is 1.03. The molecule has 0 amide bonds. The third-order valence-corrected chi connectivity index (χ3v) is 2.22. The van der Waals surface area contributed by atoms with Crippen LogP contribution in [0.4, 0.5) is 0 Å². The summed E-state index contributed by atoms with van der Waals surface area (Å²) in [6.45, 7) is 0. The van der Waals surface area contributed by atoms with Crippen LogP contribution in [-0.2, 0) is 10.7 Å². The number of rotatable bonds is 2. The van der Waals surface area contributed by atoms with Gasteiger partial charge in [-0.2, -0.15) is 4.68 Å². The second kappa shape index (κ2) is 3.54. The van der Waals surface area contributed by atoms with Crippen molar-refractivity contribution < 1.29 is 8.42 Å². The van der Waals surface area contributed by atoms with E-state index in [1.807, 2.05) is 6.07 Å². The second-order valence-corrected chi connectivity index (χ2v) is 3.40. The molecule has 0 unspecified atom stereocenters. The third kappa shape index (κ3) is 1.49. The van der Waals surface area contributed by atoms with Gasteiger partial charge in [-0.25, -0.2) is 8.42 Å². The molecule has 0 aliphatic carbocycles. The summed E-state index contributed by atoms with van der Waals surface area (Å²) in [6, 6.07) is 8.82. The topological polar surface area (TPSA) is 77.7 Å². The SMILES string of the molecule is O=[SH](=O)c1nnnn1-c1ccccc1. The molecular weight excluding hydrogens is 204 g/mol. The molecule has 0 N–H and O–H groups in total. The summed E-state index contributed by atoms with van der Waals surface area (Å²) in [5.41, 5.74) is 0.617. The predicted octanol–water partition coefficient (Wildman–Crippen LogP) is -0.367. The molecule has 0 fully saturated rings. The fraction of sp³-hybridized carbons (Fsp3) is 0. The van der Waals surface area contributed by atoms with Gasteiger partial charge in [-0.1, -0.05) is 23.3 Å². The summed E-state index contributed by atoms with van der Waals surface area (Å²) in [6.07, 6.45) is 0. The van der Waals surface area contributed by atoms with E-state index in [-0.39, 0.29) is 5.16 Å². The molecule has 72 valence electrons. The van der Waals surface area contributed by atoms with Crippen molar-refractivity contribution in [3.63, 3.8) is 0 Å². The molecule has 0 bridgehead atoms. The minimum absolute atomic E-state index is 0.161. The van der Waals surface area contributed by atoms with Gasteiger partial charge in [0.2, 0.25) is 10.7 Å². The summed E-state index contributed by atoms with van der Waals surface area (Å²) in [7, 11) is -2.78. The van der Waals surface area contributed by atoms with Crippen molar-refractivity contribution in [3.8, 4) is 5.69 Å². The molecule has 0 atom stereocenters. The highest BCUT2D eigenvalue weighted by molar-refractivity contribution is 7.72. The van der Waals surface area contributed by atoms with Crippen molar-refractivity contribution in [2.45, 2.75) is 5.16 Å². The second-order valence-electron chi connectivity index (χ2n) is 2.48. The Morgan fingerprint density at radius 1 is 1.14 bits per heavy atom. The molecular formula is C7H6N4O2S. The van der Waals surface area contributed by atoms with Gasteiger partial charge < -0.3 is 0 Å². The summed E-state index contributed by atoms with van der Waals surface area (Å²) >= 11 is 0. The van der Waals surface area contributed by atoms with Crippen molar-refractivity contribution in [1.82, 2.24) is 20.2 Å². The lowest BCUT2D eigenvalue weighted by Crippen LogP contribution is -2.01. The Morgan fingerprint density at radius 3 is 2.50 bits per heavy atom. The number of thiol groups is 1. The summed E-state index contributed by atoms with van der Waals surface area (Å²) in [5.74, 6) is 0. The lowest BCUT2D eigenvalue weighted by Gasteiger charge is -1.98. The minimum atomic E-state index is -2.78. The van der Waals surface area contributed by atoms with Crippen LogP contribution in [0.1, 0.15) is 0 Å². The highest BCUT2D eigenvalue weighted by Gasteiger charge is 2.08. The number of tetrazole rings is 1. The van der Waals surface area contributed by atoms with E-state index in [4.69, 9.17) is 0 Å².